The van der Waals surface area contributed by atoms with Crippen LogP contribution in [-0.2, 0) is 6.54 Å². The number of piperidine rings is 1. The van der Waals surface area contributed by atoms with Crippen molar-refractivity contribution in [3.63, 3.8) is 0 Å². The Hall–Kier alpha value is -2.18. The number of fused-ring (bicyclic) bond motifs is 1. The lowest BCUT2D eigenvalue weighted by Crippen LogP contribution is -2.45. The van der Waals surface area contributed by atoms with Gasteiger partial charge in [0.15, 0.2) is 0 Å². The van der Waals surface area contributed by atoms with Gasteiger partial charge in [-0.3, -0.25) is 4.99 Å². The predicted octanol–water partition coefficient (Wildman–Crippen LogP) is 5.14. The quantitative estimate of drug-likeness (QED) is 0.613. The van der Waals surface area contributed by atoms with Gasteiger partial charge < -0.3 is 20.1 Å². The molecule has 1 aromatic heterocycles. The molecular weight excluding hydrogens is 408 g/mol. The van der Waals surface area contributed by atoms with Crippen LogP contribution in [0.4, 0.5) is 5.95 Å². The van der Waals surface area contributed by atoms with E-state index in [-0.39, 0.29) is 5.54 Å². The number of nitrogens with one attached hydrogen (secondary N) is 2. The molecule has 0 atom stereocenters. The average Bonchev–Trinajstić information content (AvgIpc) is 3.09. The Morgan fingerprint density at radius 3 is 2.55 bits per heavy atom. The summed E-state index contributed by atoms with van der Waals surface area (Å²) in [6, 6.07) is 6.95. The van der Waals surface area contributed by atoms with Crippen LogP contribution < -0.4 is 10.6 Å². The van der Waals surface area contributed by atoms with E-state index in [1.807, 2.05) is 0 Å². The topological polar surface area (TPSA) is 57.5 Å². The number of anilines is 1. The summed E-state index contributed by atoms with van der Waals surface area (Å²) in [5.74, 6) is 0.992. The predicted molar refractivity (Wildman–Crippen MR) is 140 cm³/mol. The highest BCUT2D eigenvalue weighted by molar-refractivity contribution is 5.84. The van der Waals surface area contributed by atoms with Gasteiger partial charge in [-0.15, -0.1) is 0 Å². The summed E-state index contributed by atoms with van der Waals surface area (Å²) >= 11 is 0. The summed E-state index contributed by atoms with van der Waals surface area (Å²) in [6.45, 7) is 18.4. The Kier molecular flexibility index (Phi) is 7.25. The first kappa shape index (κ1) is 24.0. The van der Waals surface area contributed by atoms with E-state index in [1.165, 1.54) is 28.1 Å². The van der Waals surface area contributed by atoms with Gasteiger partial charge in [0.2, 0.25) is 5.95 Å². The summed E-state index contributed by atoms with van der Waals surface area (Å²) in [5.41, 5.74) is 7.54. The SMILES string of the molecule is CC1=NC(Cn2c(NC3CCN(CCNC(C)(C)C)CC3)nc3c(C)cccc32)=C(C)CC1. The highest BCUT2D eigenvalue weighted by Crippen LogP contribution is 2.28. The maximum atomic E-state index is 5.07. The Bertz CT molecular complexity index is 1030. The molecule has 1 aromatic carbocycles. The molecule has 4 rings (SSSR count). The van der Waals surface area contributed by atoms with Crippen molar-refractivity contribution in [2.45, 2.75) is 85.4 Å². The number of rotatable bonds is 7. The van der Waals surface area contributed by atoms with E-state index in [1.54, 1.807) is 0 Å². The summed E-state index contributed by atoms with van der Waals surface area (Å²) in [5, 5.41) is 7.43. The minimum atomic E-state index is 0.186. The molecule has 2 aliphatic rings. The number of likely N-dealkylation sites (tertiary alicyclic amines) is 1. The fourth-order valence-corrected chi connectivity index (χ4v) is 4.84. The van der Waals surface area contributed by atoms with E-state index >= 15 is 0 Å². The molecule has 0 amide bonds. The van der Waals surface area contributed by atoms with Gasteiger partial charge in [0.25, 0.3) is 0 Å². The van der Waals surface area contributed by atoms with Gasteiger partial charge in [0, 0.05) is 43.5 Å². The molecule has 0 aliphatic carbocycles. The van der Waals surface area contributed by atoms with E-state index < -0.39 is 0 Å². The molecule has 0 spiro atoms. The molecule has 0 saturated carbocycles. The lowest BCUT2D eigenvalue weighted by molar-refractivity contribution is 0.212. The summed E-state index contributed by atoms with van der Waals surface area (Å²) in [4.78, 5) is 12.6. The second-order valence-electron chi connectivity index (χ2n) is 11.0. The van der Waals surface area contributed by atoms with E-state index in [0.717, 1.165) is 69.9 Å². The fraction of sp³-hybridized carbons (Fsp3) is 0.630. The zero-order valence-electron chi connectivity index (χ0n) is 21.5. The number of para-hydroxylation sites is 1. The van der Waals surface area contributed by atoms with Gasteiger partial charge in [-0.1, -0.05) is 12.1 Å². The second kappa shape index (κ2) is 9.98. The van der Waals surface area contributed by atoms with Crippen molar-refractivity contribution in [1.82, 2.24) is 19.8 Å². The van der Waals surface area contributed by atoms with Crippen LogP contribution >= 0.6 is 0 Å². The normalized spacial score (nSPS) is 18.8. The Balaban J connectivity index is 1.47. The number of aromatic nitrogens is 2. The highest BCUT2D eigenvalue weighted by Gasteiger charge is 2.23. The molecule has 0 bridgehead atoms. The number of allylic oxidation sites excluding steroid dienone is 2. The first-order chi connectivity index (χ1) is 15.7. The van der Waals surface area contributed by atoms with E-state index in [0.29, 0.717) is 6.04 Å². The zero-order chi connectivity index (χ0) is 23.6. The maximum Gasteiger partial charge on any atom is 0.204 e. The molecule has 33 heavy (non-hydrogen) atoms. The van der Waals surface area contributed by atoms with Gasteiger partial charge in [-0.05, 0) is 84.4 Å². The van der Waals surface area contributed by atoms with Crippen LogP contribution in [0, 0.1) is 6.92 Å². The van der Waals surface area contributed by atoms with Crippen LogP contribution in [0.1, 0.15) is 65.9 Å². The number of hydrogen-bond acceptors (Lipinski definition) is 5. The first-order valence-electron chi connectivity index (χ1n) is 12.6. The van der Waals surface area contributed by atoms with Crippen molar-refractivity contribution in [2.75, 3.05) is 31.5 Å². The molecule has 6 heteroatoms. The molecule has 0 radical (unpaired) electrons. The number of aliphatic imine (C=N–C) groups is 1. The zero-order valence-corrected chi connectivity index (χ0v) is 21.5. The lowest BCUT2D eigenvalue weighted by Gasteiger charge is -2.33. The minimum Gasteiger partial charge on any atom is -0.353 e. The number of benzene rings is 1. The lowest BCUT2D eigenvalue weighted by atomic mass is 10.0. The van der Waals surface area contributed by atoms with Gasteiger partial charge in [0.05, 0.1) is 23.3 Å². The van der Waals surface area contributed by atoms with Gasteiger partial charge in [-0.2, -0.15) is 0 Å². The smallest absolute Gasteiger partial charge is 0.204 e. The minimum absolute atomic E-state index is 0.186. The fourth-order valence-electron chi connectivity index (χ4n) is 4.84. The van der Waals surface area contributed by atoms with Crippen molar-refractivity contribution in [3.05, 3.63) is 35.0 Å². The summed E-state index contributed by atoms with van der Waals surface area (Å²) in [6.07, 6.45) is 4.49. The number of imidazole rings is 1. The third-order valence-corrected chi connectivity index (χ3v) is 6.97. The van der Waals surface area contributed by atoms with Gasteiger partial charge in [0.1, 0.15) is 0 Å². The van der Waals surface area contributed by atoms with Crippen LogP contribution in [0.5, 0.6) is 0 Å². The third-order valence-electron chi connectivity index (χ3n) is 6.97. The van der Waals surface area contributed by atoms with E-state index in [9.17, 15) is 0 Å². The number of hydrogen-bond donors (Lipinski definition) is 2. The van der Waals surface area contributed by atoms with Crippen molar-refractivity contribution in [1.29, 1.82) is 0 Å². The number of aryl methyl sites for hydroxylation is 1. The van der Waals surface area contributed by atoms with E-state index in [4.69, 9.17) is 9.98 Å². The molecule has 6 nitrogen and oxygen atoms in total. The summed E-state index contributed by atoms with van der Waals surface area (Å²) in [7, 11) is 0. The first-order valence-corrected chi connectivity index (χ1v) is 12.6. The van der Waals surface area contributed by atoms with Crippen LogP contribution in [0.2, 0.25) is 0 Å². The van der Waals surface area contributed by atoms with Gasteiger partial charge in [-0.25, -0.2) is 4.98 Å². The van der Waals surface area contributed by atoms with Crippen LogP contribution in [0.25, 0.3) is 11.0 Å². The van der Waals surface area contributed by atoms with Crippen molar-refractivity contribution in [2.24, 2.45) is 4.99 Å². The summed E-state index contributed by atoms with van der Waals surface area (Å²) < 4.78 is 2.35. The third kappa shape index (κ3) is 6.04. The molecule has 0 unspecified atom stereocenters. The standard InChI is InChI=1S/C27H42N6/c1-19-10-11-21(3)29-23(19)18-33-24-9-7-8-20(2)25(24)31-26(33)30-22-12-15-32(16-13-22)17-14-28-27(4,5)6/h7-9,22,28H,10-18H2,1-6H3,(H,30,31). The Labute approximate surface area is 199 Å². The van der Waals surface area contributed by atoms with E-state index in [2.05, 4.69) is 79.8 Å². The average molecular weight is 451 g/mol. The second-order valence-corrected chi connectivity index (χ2v) is 11.0. The molecule has 2 aliphatic heterocycles. The van der Waals surface area contributed by atoms with Crippen molar-refractivity contribution < 1.29 is 0 Å². The molecule has 2 N–H and O–H groups in total. The molecular formula is C27H42N6. The molecule has 3 heterocycles. The highest BCUT2D eigenvalue weighted by atomic mass is 15.2. The van der Waals surface area contributed by atoms with Crippen molar-refractivity contribution in [3.8, 4) is 0 Å². The van der Waals surface area contributed by atoms with Crippen LogP contribution in [0.15, 0.2) is 34.5 Å². The number of nitrogens with zero attached hydrogens (tertiary/aromatic N) is 4. The van der Waals surface area contributed by atoms with Gasteiger partial charge >= 0.3 is 0 Å². The van der Waals surface area contributed by atoms with Crippen LogP contribution in [-0.4, -0.2) is 57.9 Å². The van der Waals surface area contributed by atoms with Crippen LogP contribution in [0.3, 0.4) is 0 Å². The molecule has 1 fully saturated rings. The Morgan fingerprint density at radius 2 is 1.82 bits per heavy atom. The Morgan fingerprint density at radius 1 is 1.06 bits per heavy atom. The molecule has 1 saturated heterocycles. The molecule has 180 valence electrons. The van der Waals surface area contributed by atoms with Crippen molar-refractivity contribution >= 4 is 22.7 Å². The largest absolute Gasteiger partial charge is 0.353 e. The maximum absolute atomic E-state index is 5.07. The molecule has 2 aromatic rings. The monoisotopic (exact) mass is 450 g/mol.